The van der Waals surface area contributed by atoms with Gasteiger partial charge in [0, 0.05) is 31.9 Å². The summed E-state index contributed by atoms with van der Waals surface area (Å²) in [5, 5.41) is 2.54. The van der Waals surface area contributed by atoms with Gasteiger partial charge in [-0.25, -0.2) is 4.79 Å². The Morgan fingerprint density at radius 3 is 2.32 bits per heavy atom. The fourth-order valence-corrected chi connectivity index (χ4v) is 2.19. The Balaban J connectivity index is 3.74. The van der Waals surface area contributed by atoms with Gasteiger partial charge in [-0.2, -0.15) is 0 Å². The van der Waals surface area contributed by atoms with E-state index in [4.69, 9.17) is 9.47 Å². The Kier molecular flexibility index (Phi) is 13.5. The molecule has 1 N–H and O–H groups in total. The van der Waals surface area contributed by atoms with Crippen LogP contribution in [0.5, 0.6) is 0 Å². The van der Waals surface area contributed by atoms with Crippen LogP contribution in [-0.4, -0.2) is 49.8 Å². The lowest BCUT2D eigenvalue weighted by Gasteiger charge is -2.09. The molecule has 0 aromatic carbocycles. The number of rotatable bonds is 15. The van der Waals surface area contributed by atoms with Crippen LogP contribution in [0, 0.1) is 5.92 Å². The van der Waals surface area contributed by atoms with Crippen molar-refractivity contribution in [3.05, 3.63) is 0 Å². The van der Waals surface area contributed by atoms with Crippen LogP contribution in [0.15, 0.2) is 0 Å². The van der Waals surface area contributed by atoms with Crippen LogP contribution in [-0.2, 0) is 23.9 Å². The van der Waals surface area contributed by atoms with Crippen LogP contribution in [0.2, 0.25) is 0 Å². The molecule has 144 valence electrons. The van der Waals surface area contributed by atoms with Crippen molar-refractivity contribution in [1.29, 1.82) is 0 Å². The van der Waals surface area contributed by atoms with Gasteiger partial charge in [0.25, 0.3) is 0 Å². The highest BCUT2D eigenvalue weighted by Gasteiger charge is 2.18. The standard InChI is InChI=1S/C18H31NO6/c1-4-9-24-11-8-19-18(23)25-10-6-7-16(21)13-17(22)12-15(5-2)14(3)20/h15H,4-13H2,1-3H3,(H,19,23). The molecule has 0 rings (SSSR count). The summed E-state index contributed by atoms with van der Waals surface area (Å²) in [5.74, 6) is -0.727. The maximum absolute atomic E-state index is 11.8. The third kappa shape index (κ3) is 13.2. The van der Waals surface area contributed by atoms with Gasteiger partial charge in [-0.05, 0) is 26.2 Å². The minimum absolute atomic E-state index is 0.0252. The van der Waals surface area contributed by atoms with E-state index in [1.807, 2.05) is 13.8 Å². The molecule has 25 heavy (non-hydrogen) atoms. The van der Waals surface area contributed by atoms with Crippen molar-refractivity contribution in [1.82, 2.24) is 5.32 Å². The van der Waals surface area contributed by atoms with Gasteiger partial charge in [0.15, 0.2) is 0 Å². The highest BCUT2D eigenvalue weighted by atomic mass is 16.5. The SMILES string of the molecule is CCCOCCNC(=O)OCCCC(=O)CC(=O)CC(CC)C(C)=O. The second kappa shape index (κ2) is 14.6. The van der Waals surface area contributed by atoms with Gasteiger partial charge in [0.1, 0.15) is 17.3 Å². The van der Waals surface area contributed by atoms with Crippen LogP contribution in [0.4, 0.5) is 4.79 Å². The van der Waals surface area contributed by atoms with Crippen molar-refractivity contribution in [3.8, 4) is 0 Å². The summed E-state index contributed by atoms with van der Waals surface area (Å²) in [5.41, 5.74) is 0. The van der Waals surface area contributed by atoms with Crippen molar-refractivity contribution >= 4 is 23.4 Å². The maximum atomic E-state index is 11.8. The van der Waals surface area contributed by atoms with E-state index in [2.05, 4.69) is 5.32 Å². The second-order valence-electron chi connectivity index (χ2n) is 5.95. The first-order chi connectivity index (χ1) is 11.9. The minimum Gasteiger partial charge on any atom is -0.450 e. The highest BCUT2D eigenvalue weighted by molar-refractivity contribution is 6.00. The summed E-state index contributed by atoms with van der Waals surface area (Å²) < 4.78 is 10.1. The third-order valence-corrected chi connectivity index (χ3v) is 3.63. The predicted molar refractivity (Wildman–Crippen MR) is 93.4 cm³/mol. The van der Waals surface area contributed by atoms with Gasteiger partial charge in [0.2, 0.25) is 0 Å². The number of ether oxygens (including phenoxy) is 2. The summed E-state index contributed by atoms with van der Waals surface area (Å²) in [7, 11) is 0. The molecule has 0 bridgehead atoms. The van der Waals surface area contributed by atoms with Gasteiger partial charge in [0.05, 0.1) is 19.6 Å². The zero-order valence-corrected chi connectivity index (χ0v) is 15.6. The van der Waals surface area contributed by atoms with E-state index in [-0.39, 0.29) is 49.1 Å². The van der Waals surface area contributed by atoms with E-state index in [0.717, 1.165) is 6.42 Å². The maximum Gasteiger partial charge on any atom is 0.407 e. The molecule has 0 saturated carbocycles. The number of alkyl carbamates (subject to hydrolysis) is 1. The first-order valence-electron chi connectivity index (χ1n) is 8.92. The Bertz CT molecular complexity index is 435. The molecule has 0 saturated heterocycles. The first kappa shape index (κ1) is 23.2. The molecule has 0 aliphatic rings. The van der Waals surface area contributed by atoms with E-state index >= 15 is 0 Å². The van der Waals surface area contributed by atoms with Crippen molar-refractivity contribution in [2.24, 2.45) is 5.92 Å². The molecule has 0 fully saturated rings. The molecule has 0 aromatic rings. The Morgan fingerprint density at radius 2 is 1.72 bits per heavy atom. The zero-order valence-electron chi connectivity index (χ0n) is 15.6. The second-order valence-corrected chi connectivity index (χ2v) is 5.95. The van der Waals surface area contributed by atoms with Gasteiger partial charge >= 0.3 is 6.09 Å². The smallest absolute Gasteiger partial charge is 0.407 e. The number of hydrogen-bond donors (Lipinski definition) is 1. The molecule has 1 atom stereocenters. The number of Topliss-reactive ketones (excluding diaryl/α,β-unsaturated/α-hetero) is 3. The predicted octanol–water partition coefficient (Wildman–Crippen LogP) is 2.45. The summed E-state index contributed by atoms with van der Waals surface area (Å²) in [6.45, 7) is 6.89. The van der Waals surface area contributed by atoms with E-state index in [0.29, 0.717) is 32.6 Å². The van der Waals surface area contributed by atoms with Crippen LogP contribution < -0.4 is 5.32 Å². The minimum atomic E-state index is -0.545. The lowest BCUT2D eigenvalue weighted by Crippen LogP contribution is -2.28. The Labute approximate surface area is 149 Å². The molecule has 7 heteroatoms. The van der Waals surface area contributed by atoms with E-state index in [1.54, 1.807) is 0 Å². The number of hydrogen-bond acceptors (Lipinski definition) is 6. The molecule has 7 nitrogen and oxygen atoms in total. The Hall–Kier alpha value is -1.76. The topological polar surface area (TPSA) is 98.8 Å². The van der Waals surface area contributed by atoms with Crippen molar-refractivity contribution in [3.63, 3.8) is 0 Å². The van der Waals surface area contributed by atoms with Crippen LogP contribution in [0.3, 0.4) is 0 Å². The lowest BCUT2D eigenvalue weighted by molar-refractivity contribution is -0.130. The van der Waals surface area contributed by atoms with Crippen LogP contribution >= 0.6 is 0 Å². The number of carbonyl (C=O) groups excluding carboxylic acids is 4. The summed E-state index contributed by atoms with van der Waals surface area (Å²) >= 11 is 0. The lowest BCUT2D eigenvalue weighted by atomic mass is 9.93. The van der Waals surface area contributed by atoms with E-state index in [9.17, 15) is 19.2 Å². The highest BCUT2D eigenvalue weighted by Crippen LogP contribution is 2.12. The fraction of sp³-hybridized carbons (Fsp3) is 0.778. The summed E-state index contributed by atoms with van der Waals surface area (Å²) in [4.78, 5) is 46.2. The van der Waals surface area contributed by atoms with Gasteiger partial charge in [-0.1, -0.05) is 13.8 Å². The number of nitrogens with one attached hydrogen (secondary N) is 1. The largest absolute Gasteiger partial charge is 0.450 e. The number of ketones is 3. The molecule has 0 aromatic heterocycles. The summed E-state index contributed by atoms with van der Waals surface area (Å²) in [6.07, 6.45) is 1.49. The number of amides is 1. The summed E-state index contributed by atoms with van der Waals surface area (Å²) in [6, 6.07) is 0. The average molecular weight is 357 g/mol. The molecule has 0 heterocycles. The van der Waals surface area contributed by atoms with Gasteiger partial charge in [-0.15, -0.1) is 0 Å². The fourth-order valence-electron chi connectivity index (χ4n) is 2.19. The molecular weight excluding hydrogens is 326 g/mol. The monoisotopic (exact) mass is 357 g/mol. The zero-order chi connectivity index (χ0) is 19.1. The first-order valence-corrected chi connectivity index (χ1v) is 8.92. The number of carbonyl (C=O) groups is 4. The Morgan fingerprint density at radius 1 is 1.00 bits per heavy atom. The normalized spacial score (nSPS) is 11.6. The molecule has 1 amide bonds. The van der Waals surface area contributed by atoms with Crippen molar-refractivity contribution in [2.45, 2.75) is 59.3 Å². The third-order valence-electron chi connectivity index (χ3n) is 3.63. The average Bonchev–Trinajstić information content (AvgIpc) is 2.56. The molecule has 0 aliphatic carbocycles. The molecule has 0 radical (unpaired) electrons. The molecule has 0 aliphatic heterocycles. The van der Waals surface area contributed by atoms with E-state index < -0.39 is 6.09 Å². The van der Waals surface area contributed by atoms with Crippen LogP contribution in [0.1, 0.15) is 59.3 Å². The van der Waals surface area contributed by atoms with Crippen molar-refractivity contribution < 1.29 is 28.7 Å². The van der Waals surface area contributed by atoms with E-state index in [1.165, 1.54) is 6.92 Å². The van der Waals surface area contributed by atoms with Crippen molar-refractivity contribution in [2.75, 3.05) is 26.4 Å². The van der Waals surface area contributed by atoms with Gasteiger partial charge < -0.3 is 14.8 Å². The van der Waals surface area contributed by atoms with Crippen LogP contribution in [0.25, 0.3) is 0 Å². The molecular formula is C18H31NO6. The molecule has 0 spiro atoms. The van der Waals surface area contributed by atoms with Gasteiger partial charge in [-0.3, -0.25) is 14.4 Å². The molecule has 1 unspecified atom stereocenters. The quantitative estimate of drug-likeness (QED) is 0.357.